The normalized spacial score (nSPS) is 11.5. The number of pyridine rings is 1. The Hall–Kier alpha value is -0.820. The molecule has 0 fully saturated rings. The van der Waals surface area contributed by atoms with E-state index in [1.807, 2.05) is 0 Å². The maximum atomic E-state index is 11.9. The molecule has 0 amide bonds. The maximum absolute atomic E-state index is 11.9. The minimum atomic E-state index is -4.72. The fourth-order valence-electron chi connectivity index (χ4n) is 0.805. The number of rotatable bonds is 2. The van der Waals surface area contributed by atoms with Crippen molar-refractivity contribution >= 4 is 15.9 Å². The number of hydrogen-bond donors (Lipinski definition) is 1. The van der Waals surface area contributed by atoms with E-state index in [2.05, 4.69) is 25.7 Å². The smallest absolute Gasteiger partial charge is 0.403 e. The van der Waals surface area contributed by atoms with E-state index in [0.29, 0.717) is 5.56 Å². The van der Waals surface area contributed by atoms with Crippen molar-refractivity contribution in [2.24, 2.45) is 5.73 Å². The average molecular weight is 271 g/mol. The van der Waals surface area contributed by atoms with Crippen LogP contribution in [0.25, 0.3) is 0 Å². The highest BCUT2D eigenvalue weighted by Crippen LogP contribution is 2.31. The van der Waals surface area contributed by atoms with Crippen LogP contribution in [-0.4, -0.2) is 11.3 Å². The lowest BCUT2D eigenvalue weighted by Crippen LogP contribution is -2.18. The first-order chi connectivity index (χ1) is 6.44. The van der Waals surface area contributed by atoms with Crippen molar-refractivity contribution in [3.05, 3.63) is 22.4 Å². The quantitative estimate of drug-likeness (QED) is 0.897. The summed E-state index contributed by atoms with van der Waals surface area (Å²) < 4.78 is 39.4. The number of ether oxygens (including phenoxy) is 1. The molecule has 0 bridgehead atoms. The number of aromatic nitrogens is 1. The molecule has 1 heterocycles. The highest BCUT2D eigenvalue weighted by atomic mass is 79.9. The van der Waals surface area contributed by atoms with E-state index in [4.69, 9.17) is 5.73 Å². The molecule has 2 N–H and O–H groups in total. The van der Waals surface area contributed by atoms with Crippen LogP contribution in [-0.2, 0) is 6.54 Å². The average Bonchev–Trinajstić information content (AvgIpc) is 2.06. The zero-order valence-corrected chi connectivity index (χ0v) is 8.39. The molecule has 3 nitrogen and oxygen atoms in total. The number of nitrogens with two attached hydrogens (primary N) is 1. The van der Waals surface area contributed by atoms with E-state index in [1.165, 1.54) is 6.20 Å². The van der Waals surface area contributed by atoms with Crippen LogP contribution in [0.4, 0.5) is 13.2 Å². The number of nitrogens with zero attached hydrogens (tertiary/aromatic N) is 1. The van der Waals surface area contributed by atoms with E-state index in [0.717, 1.165) is 6.20 Å². The summed E-state index contributed by atoms with van der Waals surface area (Å²) in [5.74, 6) is -0.388. The minimum absolute atomic E-state index is 0.0860. The van der Waals surface area contributed by atoms with Gasteiger partial charge in [0.05, 0.1) is 10.7 Å². The van der Waals surface area contributed by atoms with Crippen molar-refractivity contribution in [1.29, 1.82) is 0 Å². The van der Waals surface area contributed by atoms with Crippen LogP contribution >= 0.6 is 15.9 Å². The molecule has 0 atom stereocenters. The summed E-state index contributed by atoms with van der Waals surface area (Å²) in [6, 6.07) is 0. The summed E-state index contributed by atoms with van der Waals surface area (Å²) in [6.07, 6.45) is -2.39. The molecule has 0 spiro atoms. The molecule has 1 rings (SSSR count). The SMILES string of the molecule is NCc1cncc(OC(F)(F)F)c1Br. The highest BCUT2D eigenvalue weighted by molar-refractivity contribution is 9.10. The number of halogens is 4. The Kier molecular flexibility index (Phi) is 3.33. The fourth-order valence-corrected chi connectivity index (χ4v) is 1.25. The van der Waals surface area contributed by atoms with Crippen molar-refractivity contribution in [3.8, 4) is 5.75 Å². The molecular weight excluding hydrogens is 265 g/mol. The second kappa shape index (κ2) is 4.14. The van der Waals surface area contributed by atoms with E-state index in [9.17, 15) is 13.2 Å². The Morgan fingerprint density at radius 3 is 2.57 bits per heavy atom. The van der Waals surface area contributed by atoms with Crippen LogP contribution in [0.1, 0.15) is 5.56 Å². The van der Waals surface area contributed by atoms with Gasteiger partial charge in [0.15, 0.2) is 5.75 Å². The standard InChI is InChI=1S/C7H6BrF3N2O/c8-6-4(1-12)2-13-3-5(6)14-7(9,10)11/h2-3H,1,12H2. The van der Waals surface area contributed by atoms with Crippen molar-refractivity contribution in [3.63, 3.8) is 0 Å². The van der Waals surface area contributed by atoms with Crippen LogP contribution in [0.15, 0.2) is 16.9 Å². The van der Waals surface area contributed by atoms with Gasteiger partial charge in [-0.1, -0.05) is 0 Å². The summed E-state index contributed by atoms with van der Waals surface area (Å²) >= 11 is 2.95. The Morgan fingerprint density at radius 2 is 2.07 bits per heavy atom. The molecule has 0 aliphatic heterocycles. The molecular formula is C7H6BrF3N2O. The van der Waals surface area contributed by atoms with E-state index >= 15 is 0 Å². The summed E-state index contributed by atoms with van der Waals surface area (Å²) in [6.45, 7) is 0.0860. The van der Waals surface area contributed by atoms with Gasteiger partial charge in [-0.25, -0.2) is 0 Å². The molecule has 0 saturated heterocycles. The predicted octanol–water partition coefficient (Wildman–Crippen LogP) is 2.20. The van der Waals surface area contributed by atoms with Crippen LogP contribution in [0.5, 0.6) is 5.75 Å². The second-order valence-corrected chi connectivity index (χ2v) is 3.16. The maximum Gasteiger partial charge on any atom is 0.573 e. The van der Waals surface area contributed by atoms with Gasteiger partial charge in [-0.05, 0) is 15.9 Å². The lowest BCUT2D eigenvalue weighted by Gasteiger charge is -2.11. The third kappa shape index (κ3) is 2.85. The predicted molar refractivity (Wildman–Crippen MR) is 46.5 cm³/mol. The van der Waals surface area contributed by atoms with Gasteiger partial charge in [-0.2, -0.15) is 0 Å². The largest absolute Gasteiger partial charge is 0.573 e. The Labute approximate surface area is 86.2 Å². The summed E-state index contributed by atoms with van der Waals surface area (Å²) in [5, 5.41) is 0. The number of alkyl halides is 3. The van der Waals surface area contributed by atoms with Crippen LogP contribution in [0.3, 0.4) is 0 Å². The molecule has 7 heteroatoms. The van der Waals surface area contributed by atoms with Gasteiger partial charge in [-0.3, -0.25) is 4.98 Å². The Balaban J connectivity index is 2.98. The van der Waals surface area contributed by atoms with E-state index < -0.39 is 6.36 Å². The van der Waals surface area contributed by atoms with Crippen molar-refractivity contribution in [1.82, 2.24) is 4.98 Å². The fraction of sp³-hybridized carbons (Fsp3) is 0.286. The van der Waals surface area contributed by atoms with Crippen LogP contribution < -0.4 is 10.5 Å². The van der Waals surface area contributed by atoms with Gasteiger partial charge in [0.2, 0.25) is 0 Å². The lowest BCUT2D eigenvalue weighted by molar-refractivity contribution is -0.275. The topological polar surface area (TPSA) is 48.1 Å². The molecule has 0 unspecified atom stereocenters. The third-order valence-corrected chi connectivity index (χ3v) is 2.27. The van der Waals surface area contributed by atoms with Gasteiger partial charge < -0.3 is 10.5 Å². The van der Waals surface area contributed by atoms with Crippen LogP contribution in [0.2, 0.25) is 0 Å². The molecule has 1 aromatic heterocycles. The summed E-state index contributed by atoms with van der Waals surface area (Å²) in [7, 11) is 0. The van der Waals surface area contributed by atoms with Gasteiger partial charge in [0.1, 0.15) is 0 Å². The van der Waals surface area contributed by atoms with Gasteiger partial charge >= 0.3 is 6.36 Å². The minimum Gasteiger partial charge on any atom is -0.403 e. The zero-order chi connectivity index (χ0) is 10.8. The molecule has 0 radical (unpaired) electrons. The van der Waals surface area contributed by atoms with Crippen molar-refractivity contribution in [2.75, 3.05) is 0 Å². The van der Waals surface area contributed by atoms with Crippen molar-refractivity contribution < 1.29 is 17.9 Å². The molecule has 0 saturated carbocycles. The molecule has 78 valence electrons. The number of hydrogen-bond acceptors (Lipinski definition) is 3. The Bertz CT molecular complexity index is 329. The first kappa shape index (κ1) is 11.3. The molecule has 0 aliphatic carbocycles. The molecule has 1 aromatic rings. The summed E-state index contributed by atoms with van der Waals surface area (Å²) in [5.41, 5.74) is 5.73. The zero-order valence-electron chi connectivity index (χ0n) is 6.81. The van der Waals surface area contributed by atoms with Crippen LogP contribution in [0, 0.1) is 0 Å². The van der Waals surface area contributed by atoms with Crippen molar-refractivity contribution in [2.45, 2.75) is 12.9 Å². The lowest BCUT2D eigenvalue weighted by atomic mass is 10.3. The highest BCUT2D eigenvalue weighted by Gasteiger charge is 2.32. The molecule has 14 heavy (non-hydrogen) atoms. The molecule has 0 aromatic carbocycles. The van der Waals surface area contributed by atoms with Gasteiger partial charge in [0, 0.05) is 18.3 Å². The van der Waals surface area contributed by atoms with Gasteiger partial charge in [0.25, 0.3) is 0 Å². The first-order valence-corrected chi connectivity index (χ1v) is 4.31. The summed E-state index contributed by atoms with van der Waals surface area (Å²) in [4.78, 5) is 3.57. The first-order valence-electron chi connectivity index (χ1n) is 3.52. The van der Waals surface area contributed by atoms with E-state index in [-0.39, 0.29) is 16.8 Å². The molecule has 0 aliphatic rings. The monoisotopic (exact) mass is 270 g/mol. The third-order valence-electron chi connectivity index (χ3n) is 1.37. The Morgan fingerprint density at radius 1 is 1.43 bits per heavy atom. The van der Waals surface area contributed by atoms with Gasteiger partial charge in [-0.15, -0.1) is 13.2 Å². The van der Waals surface area contributed by atoms with E-state index in [1.54, 1.807) is 0 Å². The second-order valence-electron chi connectivity index (χ2n) is 2.36.